The van der Waals surface area contributed by atoms with E-state index in [9.17, 15) is 9.59 Å². The molecule has 0 radical (unpaired) electrons. The van der Waals surface area contributed by atoms with E-state index in [0.29, 0.717) is 62.6 Å². The number of ether oxygens (including phenoxy) is 2. The maximum Gasteiger partial charge on any atom is 0.253 e. The number of benzene rings is 2. The minimum absolute atomic E-state index is 0.0141. The summed E-state index contributed by atoms with van der Waals surface area (Å²) in [6, 6.07) is 14.8. The summed E-state index contributed by atoms with van der Waals surface area (Å²) in [7, 11) is 1.61. The number of halogens is 1. The van der Waals surface area contributed by atoms with Crippen molar-refractivity contribution in [3.05, 3.63) is 64.7 Å². The minimum Gasteiger partial charge on any atom is -0.497 e. The molecule has 2 aliphatic rings. The predicted molar refractivity (Wildman–Crippen MR) is 118 cm³/mol. The van der Waals surface area contributed by atoms with Crippen molar-refractivity contribution in [1.82, 2.24) is 9.80 Å². The molecule has 7 heteroatoms. The Bertz CT molecular complexity index is 922. The molecule has 0 saturated carbocycles. The normalized spacial score (nSPS) is 18.7. The van der Waals surface area contributed by atoms with Gasteiger partial charge in [-0.3, -0.25) is 9.59 Å². The van der Waals surface area contributed by atoms with Crippen molar-refractivity contribution < 1.29 is 19.1 Å². The molecule has 2 aliphatic heterocycles. The molecule has 2 saturated heterocycles. The molecule has 4 rings (SSSR count). The van der Waals surface area contributed by atoms with Crippen LogP contribution in [0.25, 0.3) is 0 Å². The van der Waals surface area contributed by atoms with Gasteiger partial charge in [-0.25, -0.2) is 0 Å². The molecule has 2 aromatic rings. The summed E-state index contributed by atoms with van der Waals surface area (Å²) in [5.41, 5.74) is 1.29. The van der Waals surface area contributed by atoms with Crippen molar-refractivity contribution in [2.45, 2.75) is 31.4 Å². The van der Waals surface area contributed by atoms with Crippen LogP contribution in [0.5, 0.6) is 5.75 Å². The summed E-state index contributed by atoms with van der Waals surface area (Å²) in [6.07, 6.45) is 1.79. The topological polar surface area (TPSA) is 59.1 Å². The van der Waals surface area contributed by atoms with E-state index in [1.165, 1.54) is 0 Å². The lowest BCUT2D eigenvalue weighted by molar-refractivity contribution is -0.132. The summed E-state index contributed by atoms with van der Waals surface area (Å²) >= 11 is 5.99. The molecule has 0 unspecified atom stereocenters. The Morgan fingerprint density at radius 3 is 2.42 bits per heavy atom. The van der Waals surface area contributed by atoms with E-state index in [2.05, 4.69) is 0 Å². The molecule has 2 aromatic carbocycles. The molecule has 2 amide bonds. The number of methoxy groups -OCH3 is 1. The molecule has 0 bridgehead atoms. The summed E-state index contributed by atoms with van der Waals surface area (Å²) in [6.45, 7) is 2.71. The van der Waals surface area contributed by atoms with Crippen LogP contribution < -0.4 is 4.74 Å². The largest absolute Gasteiger partial charge is 0.497 e. The Labute approximate surface area is 187 Å². The smallest absolute Gasteiger partial charge is 0.253 e. The second-order valence-electron chi connectivity index (χ2n) is 8.18. The van der Waals surface area contributed by atoms with E-state index in [0.717, 1.165) is 11.3 Å². The van der Waals surface area contributed by atoms with Gasteiger partial charge >= 0.3 is 0 Å². The van der Waals surface area contributed by atoms with Gasteiger partial charge in [0.05, 0.1) is 32.3 Å². The Morgan fingerprint density at radius 1 is 1.10 bits per heavy atom. The molecule has 31 heavy (non-hydrogen) atoms. The fourth-order valence-corrected chi connectivity index (χ4v) is 4.41. The standard InChI is InChI=1S/C24H27ClN2O4/c1-30-21-8-4-19(5-9-21)23(29)26-13-11-24(12-14-26)17-27(22(28)10-15-31-24)16-18-2-6-20(25)7-3-18/h2-9H,10-17H2,1H3. The SMILES string of the molecule is COc1ccc(C(=O)N2CCC3(CC2)CN(Cc2ccc(Cl)cc2)C(=O)CCO3)cc1. The highest BCUT2D eigenvalue weighted by Crippen LogP contribution is 2.31. The Hall–Kier alpha value is -2.57. The zero-order valence-corrected chi connectivity index (χ0v) is 18.4. The molecule has 0 N–H and O–H groups in total. The van der Waals surface area contributed by atoms with Gasteiger partial charge in [0.25, 0.3) is 5.91 Å². The second kappa shape index (κ2) is 9.28. The molecular formula is C24H27ClN2O4. The molecular weight excluding hydrogens is 416 g/mol. The summed E-state index contributed by atoms with van der Waals surface area (Å²) in [4.78, 5) is 29.3. The number of carbonyl (C=O) groups excluding carboxylic acids is 2. The first-order chi connectivity index (χ1) is 15.0. The highest BCUT2D eigenvalue weighted by atomic mass is 35.5. The Morgan fingerprint density at radius 2 is 1.77 bits per heavy atom. The lowest BCUT2D eigenvalue weighted by atomic mass is 9.90. The fourth-order valence-electron chi connectivity index (χ4n) is 4.28. The van der Waals surface area contributed by atoms with Crippen molar-refractivity contribution in [2.24, 2.45) is 0 Å². The van der Waals surface area contributed by atoms with Gasteiger partial charge in [0.2, 0.25) is 5.91 Å². The van der Waals surface area contributed by atoms with Crippen molar-refractivity contribution in [3.8, 4) is 5.75 Å². The van der Waals surface area contributed by atoms with E-state index < -0.39 is 5.60 Å². The number of likely N-dealkylation sites (tertiary alicyclic amines) is 1. The molecule has 2 heterocycles. The van der Waals surface area contributed by atoms with Crippen LogP contribution in [0, 0.1) is 0 Å². The van der Waals surface area contributed by atoms with Crippen LogP contribution >= 0.6 is 11.6 Å². The molecule has 1 spiro atoms. The van der Waals surface area contributed by atoms with E-state index in [1.807, 2.05) is 34.1 Å². The number of nitrogens with zero attached hydrogens (tertiary/aromatic N) is 2. The number of amides is 2. The van der Waals surface area contributed by atoms with Crippen molar-refractivity contribution in [3.63, 3.8) is 0 Å². The summed E-state index contributed by atoms with van der Waals surface area (Å²) in [5.74, 6) is 0.843. The Balaban J connectivity index is 1.41. The maximum absolute atomic E-state index is 12.9. The Kier molecular flexibility index (Phi) is 6.49. The number of hydrogen-bond donors (Lipinski definition) is 0. The van der Waals surface area contributed by atoms with Crippen LogP contribution in [0.1, 0.15) is 35.2 Å². The quantitative estimate of drug-likeness (QED) is 0.723. The molecule has 6 nitrogen and oxygen atoms in total. The summed E-state index contributed by atoms with van der Waals surface area (Å²) < 4.78 is 11.4. The highest BCUT2D eigenvalue weighted by Gasteiger charge is 2.41. The van der Waals surface area contributed by atoms with Crippen molar-refractivity contribution >= 4 is 23.4 Å². The molecule has 0 aromatic heterocycles. The van der Waals surface area contributed by atoms with Crippen molar-refractivity contribution in [1.29, 1.82) is 0 Å². The molecule has 164 valence electrons. The molecule has 0 aliphatic carbocycles. The van der Waals surface area contributed by atoms with Crippen LogP contribution in [0.2, 0.25) is 5.02 Å². The monoisotopic (exact) mass is 442 g/mol. The zero-order valence-electron chi connectivity index (χ0n) is 17.7. The van der Waals surface area contributed by atoms with Crippen LogP contribution in [0.15, 0.2) is 48.5 Å². The minimum atomic E-state index is -0.407. The average molecular weight is 443 g/mol. The van der Waals surface area contributed by atoms with E-state index in [4.69, 9.17) is 21.1 Å². The predicted octanol–water partition coefficient (Wildman–Crippen LogP) is 3.77. The van der Waals surface area contributed by atoms with Gasteiger partial charge in [-0.1, -0.05) is 23.7 Å². The zero-order chi connectivity index (χ0) is 21.8. The number of piperidine rings is 1. The average Bonchev–Trinajstić information content (AvgIpc) is 2.94. The van der Waals surface area contributed by atoms with Gasteiger partial charge in [0.15, 0.2) is 0 Å². The lowest BCUT2D eigenvalue weighted by Gasteiger charge is -2.42. The van der Waals surface area contributed by atoms with Crippen LogP contribution in [0.3, 0.4) is 0 Å². The van der Waals surface area contributed by atoms with Gasteiger partial charge in [0, 0.05) is 30.2 Å². The molecule has 2 fully saturated rings. The fraction of sp³-hybridized carbons (Fsp3) is 0.417. The van der Waals surface area contributed by atoms with Gasteiger partial charge in [0.1, 0.15) is 5.75 Å². The summed E-state index contributed by atoms with van der Waals surface area (Å²) in [5, 5.41) is 0.680. The number of carbonyl (C=O) groups is 2. The van der Waals surface area contributed by atoms with E-state index in [1.54, 1.807) is 31.4 Å². The maximum atomic E-state index is 12.9. The van der Waals surface area contributed by atoms with Gasteiger partial charge in [-0.2, -0.15) is 0 Å². The first kappa shape index (κ1) is 21.7. The number of rotatable bonds is 4. The third-order valence-corrected chi connectivity index (χ3v) is 6.39. The molecule has 0 atom stereocenters. The van der Waals surface area contributed by atoms with Crippen LogP contribution in [0.4, 0.5) is 0 Å². The van der Waals surface area contributed by atoms with Crippen LogP contribution in [-0.4, -0.2) is 60.6 Å². The highest BCUT2D eigenvalue weighted by molar-refractivity contribution is 6.30. The lowest BCUT2D eigenvalue weighted by Crippen LogP contribution is -2.53. The van der Waals surface area contributed by atoms with E-state index in [-0.39, 0.29) is 11.8 Å². The van der Waals surface area contributed by atoms with Gasteiger partial charge < -0.3 is 19.3 Å². The third kappa shape index (κ3) is 5.02. The number of hydrogen-bond acceptors (Lipinski definition) is 4. The third-order valence-electron chi connectivity index (χ3n) is 6.14. The van der Waals surface area contributed by atoms with Gasteiger partial charge in [-0.05, 0) is 54.8 Å². The van der Waals surface area contributed by atoms with Crippen molar-refractivity contribution in [2.75, 3.05) is 33.4 Å². The van der Waals surface area contributed by atoms with Gasteiger partial charge in [-0.15, -0.1) is 0 Å². The first-order valence-corrected chi connectivity index (χ1v) is 11.0. The van der Waals surface area contributed by atoms with E-state index >= 15 is 0 Å². The second-order valence-corrected chi connectivity index (χ2v) is 8.61. The first-order valence-electron chi connectivity index (χ1n) is 10.6. The van der Waals surface area contributed by atoms with Crippen LogP contribution in [-0.2, 0) is 16.1 Å².